The third kappa shape index (κ3) is 5.31. The number of carbonyl (C=O) groups excluding carboxylic acids is 1. The SMILES string of the molecule is CN(C)C(CNCC(=O)c1ccc(S(=O)(=O)N2CCCC2)cc1)c1ccc(F)cc1. The molecule has 0 spiro atoms. The van der Waals surface area contributed by atoms with Crippen molar-refractivity contribution in [2.75, 3.05) is 40.3 Å². The van der Waals surface area contributed by atoms with Crippen LogP contribution in [0.15, 0.2) is 53.4 Å². The van der Waals surface area contributed by atoms with Gasteiger partial charge in [-0.1, -0.05) is 24.3 Å². The van der Waals surface area contributed by atoms with E-state index in [2.05, 4.69) is 5.32 Å². The summed E-state index contributed by atoms with van der Waals surface area (Å²) in [4.78, 5) is 14.7. The fourth-order valence-corrected chi connectivity index (χ4v) is 5.12. The van der Waals surface area contributed by atoms with Gasteiger partial charge in [0.2, 0.25) is 10.0 Å². The molecule has 0 aromatic heterocycles. The Balaban J connectivity index is 1.58. The molecule has 1 N–H and O–H groups in total. The van der Waals surface area contributed by atoms with E-state index in [0.717, 1.165) is 18.4 Å². The molecule has 0 bridgehead atoms. The summed E-state index contributed by atoms with van der Waals surface area (Å²) in [5.41, 5.74) is 1.42. The molecule has 0 aliphatic carbocycles. The predicted molar refractivity (Wildman–Crippen MR) is 114 cm³/mol. The molecule has 8 heteroatoms. The van der Waals surface area contributed by atoms with Crippen molar-refractivity contribution >= 4 is 15.8 Å². The van der Waals surface area contributed by atoms with Gasteiger partial charge in [-0.2, -0.15) is 4.31 Å². The quantitative estimate of drug-likeness (QED) is 0.616. The van der Waals surface area contributed by atoms with Crippen LogP contribution in [0.25, 0.3) is 0 Å². The number of rotatable bonds is 9. The summed E-state index contributed by atoms with van der Waals surface area (Å²) in [7, 11) is 0.377. The van der Waals surface area contributed by atoms with Crippen molar-refractivity contribution in [2.45, 2.75) is 23.8 Å². The summed E-state index contributed by atoms with van der Waals surface area (Å²) in [5, 5.41) is 3.16. The van der Waals surface area contributed by atoms with E-state index < -0.39 is 10.0 Å². The zero-order chi connectivity index (χ0) is 21.7. The zero-order valence-electron chi connectivity index (χ0n) is 17.3. The van der Waals surface area contributed by atoms with E-state index in [0.29, 0.717) is 25.2 Å². The summed E-state index contributed by atoms with van der Waals surface area (Å²) in [5.74, 6) is -0.397. The van der Waals surface area contributed by atoms with Crippen molar-refractivity contribution in [2.24, 2.45) is 0 Å². The molecule has 1 fully saturated rings. The number of likely N-dealkylation sites (N-methyl/N-ethyl adjacent to an activating group) is 1. The van der Waals surface area contributed by atoms with Gasteiger partial charge >= 0.3 is 0 Å². The monoisotopic (exact) mass is 433 g/mol. The van der Waals surface area contributed by atoms with Crippen LogP contribution < -0.4 is 5.32 Å². The Morgan fingerprint density at radius 2 is 1.67 bits per heavy atom. The van der Waals surface area contributed by atoms with Crippen molar-refractivity contribution in [1.82, 2.24) is 14.5 Å². The van der Waals surface area contributed by atoms with E-state index in [1.54, 1.807) is 24.3 Å². The maximum Gasteiger partial charge on any atom is 0.243 e. The van der Waals surface area contributed by atoms with Gasteiger partial charge in [0, 0.05) is 31.2 Å². The highest BCUT2D eigenvalue weighted by Crippen LogP contribution is 2.21. The second kappa shape index (κ2) is 9.78. The third-order valence-corrected chi connectivity index (χ3v) is 7.29. The number of carbonyl (C=O) groups is 1. The van der Waals surface area contributed by atoms with Gasteiger partial charge in [-0.3, -0.25) is 4.79 Å². The van der Waals surface area contributed by atoms with Crippen LogP contribution in [0.2, 0.25) is 0 Å². The first-order chi connectivity index (χ1) is 14.3. The highest BCUT2D eigenvalue weighted by Gasteiger charge is 2.27. The lowest BCUT2D eigenvalue weighted by Gasteiger charge is -2.25. The number of benzene rings is 2. The standard InChI is InChI=1S/C22H28FN3O3S/c1-25(2)21(17-5-9-19(23)10-6-17)15-24-16-22(27)18-7-11-20(12-8-18)30(28,29)26-13-3-4-14-26/h5-12,21,24H,3-4,13-16H2,1-2H3. The van der Waals surface area contributed by atoms with Crippen LogP contribution in [0.4, 0.5) is 4.39 Å². The molecule has 0 radical (unpaired) electrons. The molecule has 1 atom stereocenters. The molecule has 162 valence electrons. The van der Waals surface area contributed by atoms with Crippen molar-refractivity contribution in [3.05, 3.63) is 65.5 Å². The molecule has 1 unspecified atom stereocenters. The van der Waals surface area contributed by atoms with Crippen LogP contribution in [0.1, 0.15) is 34.8 Å². The van der Waals surface area contributed by atoms with Crippen LogP contribution in [-0.4, -0.2) is 63.7 Å². The Labute approximate surface area is 177 Å². The summed E-state index contributed by atoms with van der Waals surface area (Å²) in [6, 6.07) is 12.5. The zero-order valence-corrected chi connectivity index (χ0v) is 18.2. The lowest BCUT2D eigenvalue weighted by Crippen LogP contribution is -2.33. The second-order valence-electron chi connectivity index (χ2n) is 7.72. The molecular weight excluding hydrogens is 405 g/mol. The number of ketones is 1. The van der Waals surface area contributed by atoms with E-state index in [9.17, 15) is 17.6 Å². The number of halogens is 1. The van der Waals surface area contributed by atoms with Crippen LogP contribution in [0.3, 0.4) is 0 Å². The maximum atomic E-state index is 13.2. The average molecular weight is 434 g/mol. The Bertz CT molecular complexity index is 954. The molecule has 1 aliphatic rings. The van der Waals surface area contributed by atoms with Gasteiger partial charge in [-0.25, -0.2) is 12.8 Å². The first-order valence-corrected chi connectivity index (χ1v) is 11.5. The van der Waals surface area contributed by atoms with Crippen molar-refractivity contribution in [3.63, 3.8) is 0 Å². The average Bonchev–Trinajstić information content (AvgIpc) is 3.28. The molecule has 1 aliphatic heterocycles. The third-order valence-electron chi connectivity index (χ3n) is 5.38. The normalized spacial score (nSPS) is 16.1. The molecule has 2 aromatic rings. The van der Waals surface area contributed by atoms with Gasteiger partial charge in [0.1, 0.15) is 5.82 Å². The molecule has 30 heavy (non-hydrogen) atoms. The molecule has 0 saturated carbocycles. The van der Waals surface area contributed by atoms with Gasteiger partial charge in [-0.15, -0.1) is 0 Å². The molecule has 6 nitrogen and oxygen atoms in total. The first-order valence-electron chi connectivity index (χ1n) is 10.0. The van der Waals surface area contributed by atoms with E-state index in [1.165, 1.54) is 28.6 Å². The van der Waals surface area contributed by atoms with E-state index >= 15 is 0 Å². The first kappa shape index (κ1) is 22.6. The summed E-state index contributed by atoms with van der Waals surface area (Å²) in [6.07, 6.45) is 1.76. The largest absolute Gasteiger partial charge is 0.308 e. The molecule has 3 rings (SSSR count). The van der Waals surface area contributed by atoms with Gasteiger partial charge < -0.3 is 10.2 Å². The number of sulfonamides is 1. The minimum Gasteiger partial charge on any atom is -0.308 e. The molecule has 1 saturated heterocycles. The van der Waals surface area contributed by atoms with Crippen molar-refractivity contribution in [3.8, 4) is 0 Å². The summed E-state index contributed by atoms with van der Waals surface area (Å²) in [6.45, 7) is 1.75. The van der Waals surface area contributed by atoms with Gasteiger partial charge in [0.15, 0.2) is 5.78 Å². The number of nitrogens with one attached hydrogen (secondary N) is 1. The Morgan fingerprint density at radius 1 is 1.07 bits per heavy atom. The lowest BCUT2D eigenvalue weighted by molar-refractivity contribution is 0.0988. The van der Waals surface area contributed by atoms with E-state index in [1.807, 2.05) is 19.0 Å². The topological polar surface area (TPSA) is 69.7 Å². The Morgan fingerprint density at radius 3 is 2.23 bits per heavy atom. The highest BCUT2D eigenvalue weighted by atomic mass is 32.2. The highest BCUT2D eigenvalue weighted by molar-refractivity contribution is 7.89. The number of nitrogens with zero attached hydrogens (tertiary/aromatic N) is 2. The fraction of sp³-hybridized carbons (Fsp3) is 0.409. The Hall–Kier alpha value is -2.13. The van der Waals surface area contributed by atoms with Gasteiger partial charge in [-0.05, 0) is 56.8 Å². The minimum atomic E-state index is -3.48. The van der Waals surface area contributed by atoms with Crippen molar-refractivity contribution in [1.29, 1.82) is 0 Å². The number of hydrogen-bond acceptors (Lipinski definition) is 5. The summed E-state index contributed by atoms with van der Waals surface area (Å²) >= 11 is 0. The van der Waals surface area contributed by atoms with Crippen LogP contribution in [0.5, 0.6) is 0 Å². The molecule has 0 amide bonds. The Kier molecular flexibility index (Phi) is 7.36. The van der Waals surface area contributed by atoms with Crippen molar-refractivity contribution < 1.29 is 17.6 Å². The summed E-state index contributed by atoms with van der Waals surface area (Å²) < 4.78 is 39.8. The van der Waals surface area contributed by atoms with Gasteiger partial charge in [0.25, 0.3) is 0 Å². The fourth-order valence-electron chi connectivity index (χ4n) is 3.60. The molecular formula is C22H28FN3O3S. The number of Topliss-reactive ketones (excluding diaryl/α,β-unsaturated/α-hetero) is 1. The smallest absolute Gasteiger partial charge is 0.243 e. The van der Waals surface area contributed by atoms with E-state index in [4.69, 9.17) is 0 Å². The lowest BCUT2D eigenvalue weighted by atomic mass is 10.1. The minimum absolute atomic E-state index is 0.00798. The van der Waals surface area contributed by atoms with Crippen LogP contribution in [0, 0.1) is 5.82 Å². The number of hydrogen-bond donors (Lipinski definition) is 1. The van der Waals surface area contributed by atoms with E-state index in [-0.39, 0.29) is 29.1 Å². The van der Waals surface area contributed by atoms with Crippen LogP contribution in [-0.2, 0) is 10.0 Å². The predicted octanol–water partition coefficient (Wildman–Crippen LogP) is 2.69. The van der Waals surface area contributed by atoms with Gasteiger partial charge in [0.05, 0.1) is 11.4 Å². The molecule has 2 aromatic carbocycles. The maximum absolute atomic E-state index is 13.2. The molecule has 1 heterocycles. The second-order valence-corrected chi connectivity index (χ2v) is 9.66. The van der Waals surface area contributed by atoms with Crippen LogP contribution >= 0.6 is 0 Å².